The highest BCUT2D eigenvalue weighted by molar-refractivity contribution is 9.10. The molecule has 1 unspecified atom stereocenters. The topological polar surface area (TPSA) is 12.0 Å². The van der Waals surface area contributed by atoms with Gasteiger partial charge in [-0.1, -0.05) is 36.4 Å². The molecule has 2 rings (SSSR count). The quantitative estimate of drug-likeness (QED) is 0.828. The molecular formula is C17H19BrFN. The summed E-state index contributed by atoms with van der Waals surface area (Å²) in [4.78, 5) is 0. The fourth-order valence-corrected chi connectivity index (χ4v) is 2.82. The number of hydrogen-bond donors (Lipinski definition) is 1. The molecule has 2 aromatic carbocycles. The maximum atomic E-state index is 14.2. The molecule has 0 saturated heterocycles. The van der Waals surface area contributed by atoms with Crippen molar-refractivity contribution < 1.29 is 4.39 Å². The van der Waals surface area contributed by atoms with Crippen LogP contribution in [0.15, 0.2) is 46.9 Å². The molecule has 2 aromatic rings. The van der Waals surface area contributed by atoms with Gasteiger partial charge in [0.15, 0.2) is 0 Å². The first-order chi connectivity index (χ1) is 9.63. The van der Waals surface area contributed by atoms with Gasteiger partial charge in [0.2, 0.25) is 0 Å². The summed E-state index contributed by atoms with van der Waals surface area (Å²) in [5, 5.41) is 3.22. The van der Waals surface area contributed by atoms with Crippen LogP contribution in [0.5, 0.6) is 0 Å². The summed E-state index contributed by atoms with van der Waals surface area (Å²) >= 11 is 3.25. The molecule has 0 aliphatic rings. The average molecular weight is 336 g/mol. The minimum absolute atomic E-state index is 0.0205. The van der Waals surface area contributed by atoms with Crippen molar-refractivity contribution in [3.8, 4) is 0 Å². The molecule has 0 aromatic heterocycles. The SMILES string of the molecule is CNC(CCc1ccccc1C)c1cccc(Br)c1F. The van der Waals surface area contributed by atoms with E-state index >= 15 is 0 Å². The zero-order valence-corrected chi connectivity index (χ0v) is 13.4. The number of halogens is 2. The molecule has 3 heteroatoms. The van der Waals surface area contributed by atoms with E-state index in [1.165, 1.54) is 11.1 Å². The van der Waals surface area contributed by atoms with Crippen molar-refractivity contribution in [2.75, 3.05) is 7.05 Å². The van der Waals surface area contributed by atoms with Crippen molar-refractivity contribution in [2.24, 2.45) is 0 Å². The molecule has 0 fully saturated rings. The van der Waals surface area contributed by atoms with Crippen LogP contribution in [0.3, 0.4) is 0 Å². The second-order valence-corrected chi connectivity index (χ2v) is 5.80. The Kier molecular flexibility index (Phi) is 5.32. The molecule has 0 heterocycles. The van der Waals surface area contributed by atoms with Crippen molar-refractivity contribution in [1.82, 2.24) is 5.32 Å². The van der Waals surface area contributed by atoms with E-state index in [1.54, 1.807) is 6.07 Å². The van der Waals surface area contributed by atoms with Crippen LogP contribution < -0.4 is 5.32 Å². The van der Waals surface area contributed by atoms with Crippen LogP contribution in [0.25, 0.3) is 0 Å². The fourth-order valence-electron chi connectivity index (χ4n) is 2.44. The molecule has 0 amide bonds. The summed E-state index contributed by atoms with van der Waals surface area (Å²) in [6.07, 6.45) is 1.80. The number of nitrogens with one attached hydrogen (secondary N) is 1. The van der Waals surface area contributed by atoms with E-state index in [0.29, 0.717) is 4.47 Å². The average Bonchev–Trinajstić information content (AvgIpc) is 2.45. The minimum Gasteiger partial charge on any atom is -0.313 e. The van der Waals surface area contributed by atoms with Crippen LogP contribution in [0, 0.1) is 12.7 Å². The predicted molar refractivity (Wildman–Crippen MR) is 85.4 cm³/mol. The first-order valence-electron chi connectivity index (χ1n) is 6.79. The Hall–Kier alpha value is -1.19. The number of aryl methyl sites for hydroxylation is 2. The third kappa shape index (κ3) is 3.47. The second kappa shape index (κ2) is 7.00. The van der Waals surface area contributed by atoms with E-state index in [9.17, 15) is 4.39 Å². The molecule has 1 nitrogen and oxygen atoms in total. The van der Waals surface area contributed by atoms with Gasteiger partial charge in [0.05, 0.1) is 4.47 Å². The normalized spacial score (nSPS) is 12.4. The zero-order valence-electron chi connectivity index (χ0n) is 11.8. The van der Waals surface area contributed by atoms with Gasteiger partial charge in [0.25, 0.3) is 0 Å². The number of benzene rings is 2. The van der Waals surface area contributed by atoms with E-state index in [-0.39, 0.29) is 11.9 Å². The highest BCUT2D eigenvalue weighted by Gasteiger charge is 2.15. The Morgan fingerprint density at radius 3 is 2.60 bits per heavy atom. The van der Waals surface area contributed by atoms with Gasteiger partial charge in [0, 0.05) is 11.6 Å². The Morgan fingerprint density at radius 2 is 1.90 bits per heavy atom. The maximum Gasteiger partial charge on any atom is 0.142 e. The standard InChI is InChI=1S/C17H19BrFN/c1-12-6-3-4-7-13(12)10-11-16(20-2)14-8-5-9-15(18)17(14)19/h3-9,16,20H,10-11H2,1-2H3. The Bertz CT molecular complexity index is 583. The third-order valence-electron chi connectivity index (χ3n) is 3.67. The maximum absolute atomic E-state index is 14.2. The van der Waals surface area contributed by atoms with Crippen molar-refractivity contribution in [3.05, 3.63) is 69.4 Å². The van der Waals surface area contributed by atoms with Gasteiger partial charge >= 0.3 is 0 Å². The summed E-state index contributed by atoms with van der Waals surface area (Å²) in [5.74, 6) is -0.170. The Labute approximate surface area is 128 Å². The van der Waals surface area contributed by atoms with E-state index in [4.69, 9.17) is 0 Å². The number of hydrogen-bond acceptors (Lipinski definition) is 1. The van der Waals surface area contributed by atoms with E-state index < -0.39 is 0 Å². The molecule has 20 heavy (non-hydrogen) atoms. The van der Waals surface area contributed by atoms with Crippen LogP contribution in [-0.4, -0.2) is 7.05 Å². The van der Waals surface area contributed by atoms with Crippen LogP contribution >= 0.6 is 15.9 Å². The smallest absolute Gasteiger partial charge is 0.142 e. The molecule has 1 atom stereocenters. The van der Waals surface area contributed by atoms with Gasteiger partial charge in [-0.3, -0.25) is 0 Å². The molecule has 106 valence electrons. The van der Waals surface area contributed by atoms with Crippen molar-refractivity contribution in [1.29, 1.82) is 0 Å². The first-order valence-corrected chi connectivity index (χ1v) is 7.58. The largest absolute Gasteiger partial charge is 0.313 e. The summed E-state index contributed by atoms with van der Waals surface area (Å²) in [5.41, 5.74) is 3.33. The van der Waals surface area contributed by atoms with Gasteiger partial charge in [0.1, 0.15) is 5.82 Å². The lowest BCUT2D eigenvalue weighted by Gasteiger charge is -2.18. The molecule has 1 N–H and O–H groups in total. The van der Waals surface area contributed by atoms with Gasteiger partial charge in [-0.2, -0.15) is 0 Å². The summed E-state index contributed by atoms with van der Waals surface area (Å²) < 4.78 is 14.7. The van der Waals surface area contributed by atoms with E-state index in [2.05, 4.69) is 46.4 Å². The molecule has 0 saturated carbocycles. The van der Waals surface area contributed by atoms with Crippen LogP contribution in [0.4, 0.5) is 4.39 Å². The van der Waals surface area contributed by atoms with Gasteiger partial charge < -0.3 is 5.32 Å². The molecule has 0 bridgehead atoms. The third-order valence-corrected chi connectivity index (χ3v) is 4.28. The lowest BCUT2D eigenvalue weighted by atomic mass is 9.96. The highest BCUT2D eigenvalue weighted by Crippen LogP contribution is 2.26. The molecule has 0 spiro atoms. The van der Waals surface area contributed by atoms with Crippen molar-refractivity contribution in [2.45, 2.75) is 25.8 Å². The second-order valence-electron chi connectivity index (χ2n) is 4.95. The summed E-state index contributed by atoms with van der Waals surface area (Å²) in [6, 6.07) is 13.8. The lowest BCUT2D eigenvalue weighted by Crippen LogP contribution is -2.18. The Balaban J connectivity index is 2.14. The van der Waals surface area contributed by atoms with E-state index in [0.717, 1.165) is 18.4 Å². The molecular weight excluding hydrogens is 317 g/mol. The van der Waals surface area contributed by atoms with E-state index in [1.807, 2.05) is 25.2 Å². The minimum atomic E-state index is -0.170. The van der Waals surface area contributed by atoms with Gasteiger partial charge in [-0.25, -0.2) is 4.39 Å². The van der Waals surface area contributed by atoms with Crippen LogP contribution in [-0.2, 0) is 6.42 Å². The van der Waals surface area contributed by atoms with Crippen molar-refractivity contribution >= 4 is 15.9 Å². The molecule has 0 aliphatic carbocycles. The molecule has 0 radical (unpaired) electrons. The Morgan fingerprint density at radius 1 is 1.15 bits per heavy atom. The lowest BCUT2D eigenvalue weighted by molar-refractivity contribution is 0.506. The zero-order chi connectivity index (χ0) is 14.5. The van der Waals surface area contributed by atoms with Crippen LogP contribution in [0.2, 0.25) is 0 Å². The predicted octanol–water partition coefficient (Wildman–Crippen LogP) is 4.79. The van der Waals surface area contributed by atoms with Gasteiger partial charge in [-0.15, -0.1) is 0 Å². The molecule has 0 aliphatic heterocycles. The van der Waals surface area contributed by atoms with Crippen LogP contribution in [0.1, 0.15) is 29.2 Å². The van der Waals surface area contributed by atoms with Crippen molar-refractivity contribution in [3.63, 3.8) is 0 Å². The van der Waals surface area contributed by atoms with Gasteiger partial charge in [-0.05, 0) is 59.9 Å². The fraction of sp³-hybridized carbons (Fsp3) is 0.294. The highest BCUT2D eigenvalue weighted by atomic mass is 79.9. The summed E-state index contributed by atoms with van der Waals surface area (Å²) in [6.45, 7) is 2.11. The monoisotopic (exact) mass is 335 g/mol. The first kappa shape index (κ1) is 15.2. The number of rotatable bonds is 5. The summed E-state index contributed by atoms with van der Waals surface area (Å²) in [7, 11) is 1.88.